The van der Waals surface area contributed by atoms with Crippen LogP contribution in [0.1, 0.15) is 17.2 Å². The van der Waals surface area contributed by atoms with E-state index in [0.29, 0.717) is 17.2 Å². The maximum atomic E-state index is 10.0. The summed E-state index contributed by atoms with van der Waals surface area (Å²) in [7, 11) is 1.56. The number of rotatable bonds is 4. The van der Waals surface area contributed by atoms with Crippen molar-refractivity contribution in [2.75, 3.05) is 7.11 Å². The normalized spacial score (nSPS) is 12.4. The van der Waals surface area contributed by atoms with E-state index >= 15 is 0 Å². The minimum Gasteiger partial charge on any atom is -0.495 e. The molecule has 0 saturated heterocycles. The maximum Gasteiger partial charge on any atom is 0.137 e. The molecule has 4 heteroatoms. The lowest BCUT2D eigenvalue weighted by Gasteiger charge is -2.11. The minimum atomic E-state index is -0.601. The fraction of sp³-hybridized carbons (Fsp3) is 0.231. The highest BCUT2D eigenvalue weighted by molar-refractivity contribution is 6.32. The molecule has 0 aliphatic rings. The van der Waals surface area contributed by atoms with E-state index in [1.54, 1.807) is 37.8 Å². The molecule has 0 radical (unpaired) electrons. The van der Waals surface area contributed by atoms with E-state index in [1.165, 1.54) is 0 Å². The van der Waals surface area contributed by atoms with E-state index in [-0.39, 0.29) is 0 Å². The second-order valence-corrected chi connectivity index (χ2v) is 4.15. The van der Waals surface area contributed by atoms with E-state index < -0.39 is 6.10 Å². The molecular formula is C13H13ClO3. The highest BCUT2D eigenvalue weighted by Crippen LogP contribution is 2.28. The number of aliphatic hydroxyl groups is 1. The quantitative estimate of drug-likeness (QED) is 0.909. The zero-order chi connectivity index (χ0) is 12.3. The predicted octanol–water partition coefficient (Wildman–Crippen LogP) is 3.22. The van der Waals surface area contributed by atoms with Crippen molar-refractivity contribution in [1.82, 2.24) is 0 Å². The maximum absolute atomic E-state index is 10.0. The van der Waals surface area contributed by atoms with Crippen molar-refractivity contribution in [2.24, 2.45) is 0 Å². The molecular weight excluding hydrogens is 240 g/mol. The Morgan fingerprint density at radius 2 is 2.24 bits per heavy atom. The van der Waals surface area contributed by atoms with Crippen LogP contribution in [-0.4, -0.2) is 12.2 Å². The van der Waals surface area contributed by atoms with Crippen LogP contribution in [0.25, 0.3) is 0 Å². The summed E-state index contributed by atoms with van der Waals surface area (Å²) < 4.78 is 10.0. The van der Waals surface area contributed by atoms with Gasteiger partial charge in [-0.05, 0) is 29.3 Å². The summed E-state index contributed by atoms with van der Waals surface area (Å²) in [4.78, 5) is 0. The van der Waals surface area contributed by atoms with E-state index in [0.717, 1.165) is 11.1 Å². The van der Waals surface area contributed by atoms with Gasteiger partial charge in [-0.25, -0.2) is 0 Å². The van der Waals surface area contributed by atoms with Gasteiger partial charge in [0.15, 0.2) is 0 Å². The smallest absolute Gasteiger partial charge is 0.137 e. The molecule has 0 aliphatic carbocycles. The van der Waals surface area contributed by atoms with Crippen molar-refractivity contribution in [2.45, 2.75) is 12.5 Å². The molecule has 0 spiro atoms. The fourth-order valence-corrected chi connectivity index (χ4v) is 1.91. The molecule has 1 aromatic heterocycles. The Hall–Kier alpha value is -1.45. The zero-order valence-corrected chi connectivity index (χ0v) is 10.1. The van der Waals surface area contributed by atoms with E-state index in [2.05, 4.69) is 0 Å². The first kappa shape index (κ1) is 12.0. The second-order valence-electron chi connectivity index (χ2n) is 3.75. The topological polar surface area (TPSA) is 42.6 Å². The molecule has 3 nitrogen and oxygen atoms in total. The summed E-state index contributed by atoms with van der Waals surface area (Å²) in [5.41, 5.74) is 1.71. The number of hydrogen-bond donors (Lipinski definition) is 1. The number of hydrogen-bond acceptors (Lipinski definition) is 3. The van der Waals surface area contributed by atoms with Crippen molar-refractivity contribution in [3.8, 4) is 5.75 Å². The summed E-state index contributed by atoms with van der Waals surface area (Å²) in [5, 5.41) is 10.5. The van der Waals surface area contributed by atoms with Crippen molar-refractivity contribution in [3.63, 3.8) is 0 Å². The Bertz CT molecular complexity index is 479. The van der Waals surface area contributed by atoms with Crippen LogP contribution in [0.3, 0.4) is 0 Å². The first-order valence-electron chi connectivity index (χ1n) is 5.23. The van der Waals surface area contributed by atoms with Crippen LogP contribution in [0.4, 0.5) is 0 Å². The molecule has 0 amide bonds. The third kappa shape index (κ3) is 2.81. The van der Waals surface area contributed by atoms with Gasteiger partial charge in [0.05, 0.1) is 30.8 Å². The molecule has 2 rings (SSSR count). The summed E-state index contributed by atoms with van der Waals surface area (Å²) in [6.45, 7) is 0. The average molecular weight is 253 g/mol. The summed E-state index contributed by atoms with van der Waals surface area (Å²) in [5.74, 6) is 0.603. The molecule has 0 aliphatic heterocycles. The van der Waals surface area contributed by atoms with Gasteiger partial charge in [0.2, 0.25) is 0 Å². The number of benzene rings is 1. The van der Waals surface area contributed by atoms with Crippen molar-refractivity contribution in [3.05, 3.63) is 52.9 Å². The molecule has 1 atom stereocenters. The fourth-order valence-electron chi connectivity index (χ4n) is 1.64. The minimum absolute atomic E-state index is 0.497. The SMILES string of the molecule is COc1ccc(C(O)Cc2ccoc2)cc1Cl. The van der Waals surface area contributed by atoms with Crippen molar-refractivity contribution < 1.29 is 14.3 Å². The lowest BCUT2D eigenvalue weighted by molar-refractivity contribution is 0.178. The Balaban J connectivity index is 2.14. The monoisotopic (exact) mass is 252 g/mol. The molecule has 1 N–H and O–H groups in total. The average Bonchev–Trinajstić information content (AvgIpc) is 2.81. The van der Waals surface area contributed by atoms with E-state index in [9.17, 15) is 5.11 Å². The van der Waals surface area contributed by atoms with Crippen LogP contribution in [0.2, 0.25) is 5.02 Å². The molecule has 0 bridgehead atoms. The van der Waals surface area contributed by atoms with Crippen LogP contribution in [0.15, 0.2) is 41.2 Å². The van der Waals surface area contributed by atoms with Crippen LogP contribution in [0, 0.1) is 0 Å². The molecule has 17 heavy (non-hydrogen) atoms. The van der Waals surface area contributed by atoms with Gasteiger partial charge in [-0.15, -0.1) is 0 Å². The van der Waals surface area contributed by atoms with Crippen LogP contribution in [-0.2, 0) is 6.42 Å². The summed E-state index contributed by atoms with van der Waals surface area (Å²) in [6, 6.07) is 7.09. The van der Waals surface area contributed by atoms with E-state index in [4.69, 9.17) is 20.8 Å². The Kier molecular flexibility index (Phi) is 3.71. The standard InChI is InChI=1S/C13H13ClO3/c1-16-13-3-2-10(7-11(13)14)12(15)6-9-4-5-17-8-9/h2-5,7-8,12,15H,6H2,1H3. The molecule has 1 unspecified atom stereocenters. The van der Waals surface area contributed by atoms with Gasteiger partial charge in [-0.2, -0.15) is 0 Å². The number of ether oxygens (including phenoxy) is 1. The third-order valence-corrected chi connectivity index (χ3v) is 2.87. The molecule has 1 heterocycles. The largest absolute Gasteiger partial charge is 0.495 e. The van der Waals surface area contributed by atoms with Crippen molar-refractivity contribution in [1.29, 1.82) is 0 Å². The molecule has 0 fully saturated rings. The lowest BCUT2D eigenvalue weighted by Crippen LogP contribution is -2.01. The third-order valence-electron chi connectivity index (χ3n) is 2.57. The van der Waals surface area contributed by atoms with Gasteiger partial charge >= 0.3 is 0 Å². The van der Waals surface area contributed by atoms with Gasteiger partial charge in [-0.3, -0.25) is 0 Å². The first-order chi connectivity index (χ1) is 8.20. The van der Waals surface area contributed by atoms with Crippen LogP contribution in [0.5, 0.6) is 5.75 Å². The molecule has 90 valence electrons. The second kappa shape index (κ2) is 5.25. The number of methoxy groups -OCH3 is 1. The van der Waals surface area contributed by atoms with Crippen LogP contribution >= 0.6 is 11.6 Å². The van der Waals surface area contributed by atoms with Gasteiger partial charge in [0, 0.05) is 6.42 Å². The number of furan rings is 1. The van der Waals surface area contributed by atoms with Gasteiger partial charge in [-0.1, -0.05) is 17.7 Å². The summed E-state index contributed by atoms with van der Waals surface area (Å²) >= 11 is 6.00. The zero-order valence-electron chi connectivity index (χ0n) is 9.39. The Morgan fingerprint density at radius 3 is 2.82 bits per heavy atom. The highest BCUT2D eigenvalue weighted by Gasteiger charge is 2.11. The van der Waals surface area contributed by atoms with Gasteiger partial charge in [0.1, 0.15) is 5.75 Å². The Morgan fingerprint density at radius 1 is 1.41 bits per heavy atom. The number of aliphatic hydroxyl groups excluding tert-OH is 1. The predicted molar refractivity (Wildman–Crippen MR) is 65.4 cm³/mol. The van der Waals surface area contributed by atoms with Gasteiger partial charge in [0.25, 0.3) is 0 Å². The molecule has 0 saturated carbocycles. The van der Waals surface area contributed by atoms with Crippen molar-refractivity contribution >= 4 is 11.6 Å². The molecule has 1 aromatic carbocycles. The highest BCUT2D eigenvalue weighted by atomic mass is 35.5. The first-order valence-corrected chi connectivity index (χ1v) is 5.61. The number of halogens is 1. The lowest BCUT2D eigenvalue weighted by atomic mass is 10.0. The van der Waals surface area contributed by atoms with Crippen LogP contribution < -0.4 is 4.74 Å². The Labute approximate surface area is 105 Å². The summed E-state index contributed by atoms with van der Waals surface area (Å²) in [6.07, 6.45) is 3.10. The van der Waals surface area contributed by atoms with E-state index in [1.807, 2.05) is 6.07 Å². The molecule has 2 aromatic rings. The van der Waals surface area contributed by atoms with Gasteiger partial charge < -0.3 is 14.3 Å².